The number of rotatable bonds is 3. The van der Waals surface area contributed by atoms with Gasteiger partial charge in [0, 0.05) is 10.7 Å². The van der Waals surface area contributed by atoms with E-state index < -0.39 is 9.05 Å². The van der Waals surface area contributed by atoms with Gasteiger partial charge in [0.05, 0.1) is 4.91 Å². The Bertz CT molecular complexity index is 311. The predicted octanol–water partition coefficient (Wildman–Crippen LogP) is 3.62. The van der Waals surface area contributed by atoms with Gasteiger partial charge in [-0.25, -0.2) is 8.42 Å². The maximum atomic E-state index is 10.8. The van der Waals surface area contributed by atoms with Gasteiger partial charge in [0.2, 0.25) is 0 Å². The van der Waals surface area contributed by atoms with Gasteiger partial charge in [0.25, 0.3) is 9.05 Å². The normalized spacial score (nSPS) is 13.1. The van der Waals surface area contributed by atoms with Gasteiger partial charge in [-0.3, -0.25) is 0 Å². The fourth-order valence-corrected chi connectivity index (χ4v) is 1.42. The van der Waals surface area contributed by atoms with Crippen LogP contribution >= 0.6 is 10.7 Å². The standard InChI is InChI=1S/C8H11ClO2S.C2H6/c1-3-5-7-8(6-4-2)12(9,10)11;1-2/h3-7H,1-2H3;1-2H3/b5-3-,6-4-,8-7+;. The second-order valence-corrected chi connectivity index (χ2v) is 4.60. The lowest BCUT2D eigenvalue weighted by Gasteiger charge is -1.92. The Kier molecular flexibility index (Phi) is 10.3. The molecule has 0 saturated heterocycles. The van der Waals surface area contributed by atoms with Crippen LogP contribution in [-0.2, 0) is 9.05 Å². The second kappa shape index (κ2) is 9.03. The highest BCUT2D eigenvalue weighted by Crippen LogP contribution is 2.13. The molecule has 0 aliphatic rings. The van der Waals surface area contributed by atoms with Crippen molar-refractivity contribution in [2.45, 2.75) is 27.7 Å². The fourth-order valence-electron chi connectivity index (χ4n) is 0.573. The molecule has 0 bridgehead atoms. The van der Waals surface area contributed by atoms with E-state index >= 15 is 0 Å². The zero-order chi connectivity index (χ0) is 11.6. The van der Waals surface area contributed by atoms with Gasteiger partial charge < -0.3 is 0 Å². The molecule has 0 fully saturated rings. The highest BCUT2D eigenvalue weighted by Gasteiger charge is 2.08. The maximum absolute atomic E-state index is 10.8. The average molecular weight is 237 g/mol. The van der Waals surface area contributed by atoms with Crippen LogP contribution in [0.1, 0.15) is 27.7 Å². The second-order valence-electron chi connectivity index (χ2n) is 2.03. The first-order valence-corrected chi connectivity index (χ1v) is 6.73. The first kappa shape index (κ1) is 15.9. The molecule has 0 spiro atoms. The lowest BCUT2D eigenvalue weighted by atomic mass is 10.4. The lowest BCUT2D eigenvalue weighted by Crippen LogP contribution is -1.90. The third-order valence-corrected chi connectivity index (χ3v) is 2.44. The van der Waals surface area contributed by atoms with Gasteiger partial charge in [-0.1, -0.05) is 32.1 Å². The minimum atomic E-state index is -3.60. The summed E-state index contributed by atoms with van der Waals surface area (Å²) in [5.74, 6) is 0. The minimum absolute atomic E-state index is 0.102. The summed E-state index contributed by atoms with van der Waals surface area (Å²) in [6, 6.07) is 0. The van der Waals surface area contributed by atoms with Crippen molar-refractivity contribution in [3.63, 3.8) is 0 Å². The Balaban J connectivity index is 0. The predicted molar refractivity (Wildman–Crippen MR) is 63.8 cm³/mol. The molecule has 4 heteroatoms. The van der Waals surface area contributed by atoms with Crippen LogP contribution in [0.15, 0.2) is 35.3 Å². The van der Waals surface area contributed by atoms with Crippen molar-refractivity contribution in [3.05, 3.63) is 35.3 Å². The van der Waals surface area contributed by atoms with E-state index in [-0.39, 0.29) is 4.91 Å². The summed E-state index contributed by atoms with van der Waals surface area (Å²) in [5.41, 5.74) is 0. The third-order valence-electron chi connectivity index (χ3n) is 1.07. The summed E-state index contributed by atoms with van der Waals surface area (Å²) >= 11 is 0. The van der Waals surface area contributed by atoms with Crippen molar-refractivity contribution in [2.75, 3.05) is 0 Å². The average Bonchev–Trinajstić information content (AvgIpc) is 2.14. The summed E-state index contributed by atoms with van der Waals surface area (Å²) < 4.78 is 21.7. The van der Waals surface area contributed by atoms with Crippen molar-refractivity contribution in [3.8, 4) is 0 Å². The Morgan fingerprint density at radius 3 is 1.93 bits per heavy atom. The van der Waals surface area contributed by atoms with Crippen LogP contribution in [-0.4, -0.2) is 8.42 Å². The van der Waals surface area contributed by atoms with Gasteiger partial charge in [-0.2, -0.15) is 0 Å². The smallest absolute Gasteiger partial charge is 0.207 e. The molecule has 0 N–H and O–H groups in total. The monoisotopic (exact) mass is 236 g/mol. The molecule has 0 atom stereocenters. The summed E-state index contributed by atoms with van der Waals surface area (Å²) in [6.45, 7) is 7.52. The summed E-state index contributed by atoms with van der Waals surface area (Å²) in [6.07, 6.45) is 7.86. The molecule has 0 aromatic heterocycles. The van der Waals surface area contributed by atoms with Crippen LogP contribution in [0.5, 0.6) is 0 Å². The molecule has 0 saturated carbocycles. The van der Waals surface area contributed by atoms with E-state index in [0.29, 0.717) is 0 Å². The molecule has 0 aromatic rings. The summed E-state index contributed by atoms with van der Waals surface area (Å²) in [5, 5.41) is 0. The zero-order valence-corrected chi connectivity index (χ0v) is 10.6. The molecule has 82 valence electrons. The third kappa shape index (κ3) is 8.08. The molecule has 0 rings (SSSR count). The van der Waals surface area contributed by atoms with E-state index in [0.717, 1.165) is 0 Å². The van der Waals surface area contributed by atoms with Crippen molar-refractivity contribution >= 4 is 19.7 Å². The summed E-state index contributed by atoms with van der Waals surface area (Å²) in [7, 11) is 1.53. The SMILES string of the molecule is CC.C\C=C/C=C(\C=C/C)S(=O)(=O)Cl. The van der Waals surface area contributed by atoms with Crippen molar-refractivity contribution in [1.29, 1.82) is 0 Å². The fraction of sp³-hybridized carbons (Fsp3) is 0.400. The molecule has 0 aromatic carbocycles. The molecule has 0 heterocycles. The van der Waals surface area contributed by atoms with Crippen LogP contribution in [0.25, 0.3) is 0 Å². The van der Waals surface area contributed by atoms with Gasteiger partial charge in [-0.15, -0.1) is 0 Å². The molecule has 0 aliphatic carbocycles. The number of halogens is 1. The van der Waals surface area contributed by atoms with E-state index in [2.05, 4.69) is 0 Å². The highest BCUT2D eigenvalue weighted by atomic mass is 35.7. The van der Waals surface area contributed by atoms with Crippen LogP contribution in [0.4, 0.5) is 0 Å². The lowest BCUT2D eigenvalue weighted by molar-refractivity contribution is 0.615. The highest BCUT2D eigenvalue weighted by molar-refractivity contribution is 8.17. The first-order chi connectivity index (χ1) is 6.52. The van der Waals surface area contributed by atoms with Crippen LogP contribution in [0, 0.1) is 0 Å². The number of hydrogen-bond donors (Lipinski definition) is 0. The zero-order valence-electron chi connectivity index (χ0n) is 8.99. The van der Waals surface area contributed by atoms with Gasteiger partial charge in [-0.05, 0) is 26.0 Å². The topological polar surface area (TPSA) is 34.1 Å². The quantitative estimate of drug-likeness (QED) is 0.554. The van der Waals surface area contributed by atoms with Crippen LogP contribution in [0.3, 0.4) is 0 Å². The molecule has 0 radical (unpaired) electrons. The largest absolute Gasteiger partial charge is 0.261 e. The Morgan fingerprint density at radius 2 is 1.64 bits per heavy atom. The molecular weight excluding hydrogens is 220 g/mol. The molecule has 0 unspecified atom stereocenters. The van der Waals surface area contributed by atoms with E-state index in [1.807, 2.05) is 13.8 Å². The van der Waals surface area contributed by atoms with Gasteiger partial charge in [0.1, 0.15) is 0 Å². The maximum Gasteiger partial charge on any atom is 0.261 e. The van der Waals surface area contributed by atoms with Crippen LogP contribution < -0.4 is 0 Å². The van der Waals surface area contributed by atoms with Gasteiger partial charge >= 0.3 is 0 Å². The minimum Gasteiger partial charge on any atom is -0.207 e. The van der Waals surface area contributed by atoms with Crippen molar-refractivity contribution in [1.82, 2.24) is 0 Å². The first-order valence-electron chi connectivity index (χ1n) is 4.42. The summed E-state index contributed by atoms with van der Waals surface area (Å²) in [4.78, 5) is 0.102. The van der Waals surface area contributed by atoms with E-state index in [1.165, 1.54) is 12.2 Å². The molecule has 0 aliphatic heterocycles. The van der Waals surface area contributed by atoms with Crippen LogP contribution in [0.2, 0.25) is 0 Å². The Labute approximate surface area is 91.4 Å². The Hall–Kier alpha value is -0.540. The number of hydrogen-bond acceptors (Lipinski definition) is 2. The Morgan fingerprint density at radius 1 is 1.14 bits per heavy atom. The molecule has 14 heavy (non-hydrogen) atoms. The molecule has 0 amide bonds. The molecule has 2 nitrogen and oxygen atoms in total. The van der Waals surface area contributed by atoms with E-state index in [1.54, 1.807) is 32.1 Å². The number of allylic oxidation sites excluding steroid dienone is 5. The van der Waals surface area contributed by atoms with E-state index in [4.69, 9.17) is 10.7 Å². The van der Waals surface area contributed by atoms with Crippen molar-refractivity contribution in [2.24, 2.45) is 0 Å². The van der Waals surface area contributed by atoms with Crippen molar-refractivity contribution < 1.29 is 8.42 Å². The molecular formula is C10H17ClO2S. The van der Waals surface area contributed by atoms with E-state index in [9.17, 15) is 8.42 Å². The van der Waals surface area contributed by atoms with Gasteiger partial charge in [0.15, 0.2) is 0 Å².